The van der Waals surface area contributed by atoms with Gasteiger partial charge in [0.05, 0.1) is 10.4 Å². The highest BCUT2D eigenvalue weighted by atomic mass is 32.2. The zero-order valence-corrected chi connectivity index (χ0v) is 19.5. The molecule has 174 valence electrons. The number of pyridine rings is 1. The molecule has 1 saturated carbocycles. The maximum atomic E-state index is 13.0. The van der Waals surface area contributed by atoms with Crippen LogP contribution in [0.5, 0.6) is 5.75 Å². The number of fused-ring (bicyclic) bond motifs is 1. The topological polar surface area (TPSA) is 108 Å². The van der Waals surface area contributed by atoms with E-state index in [0.717, 1.165) is 35.0 Å². The summed E-state index contributed by atoms with van der Waals surface area (Å²) in [5, 5.41) is 12.6. The van der Waals surface area contributed by atoms with Crippen LogP contribution in [0.3, 0.4) is 0 Å². The molecule has 0 aliphatic heterocycles. The van der Waals surface area contributed by atoms with Gasteiger partial charge in [-0.25, -0.2) is 13.1 Å². The lowest BCUT2D eigenvalue weighted by molar-refractivity contribution is -0.314. The summed E-state index contributed by atoms with van der Waals surface area (Å²) in [7, 11) is -3.91. The normalized spacial score (nSPS) is 21.1. The second-order valence-electron chi connectivity index (χ2n) is 8.84. The van der Waals surface area contributed by atoms with Gasteiger partial charge in [0, 0.05) is 34.1 Å². The molecule has 0 bridgehead atoms. The molecule has 3 aromatic rings. The van der Waals surface area contributed by atoms with Crippen LogP contribution in [0.1, 0.15) is 43.9 Å². The van der Waals surface area contributed by atoms with E-state index in [4.69, 9.17) is 4.74 Å². The number of carbonyl (C=O) groups excluding carboxylic acids is 1. The third-order valence-corrected chi connectivity index (χ3v) is 7.95. The molecule has 1 aliphatic rings. The van der Waals surface area contributed by atoms with Crippen LogP contribution in [0, 0.1) is 12.8 Å². The first-order valence-corrected chi connectivity index (χ1v) is 12.5. The molecule has 1 heterocycles. The molecule has 0 spiro atoms. The lowest BCUT2D eigenvalue weighted by Crippen LogP contribution is -2.57. The number of para-hydroxylation sites is 1. The third-order valence-electron chi connectivity index (χ3n) is 6.32. The molecule has 2 atom stereocenters. The van der Waals surface area contributed by atoms with Crippen LogP contribution < -0.4 is 14.6 Å². The summed E-state index contributed by atoms with van der Waals surface area (Å²) in [6, 6.07) is 16.0. The van der Waals surface area contributed by atoms with E-state index in [2.05, 4.69) is 9.71 Å². The summed E-state index contributed by atoms with van der Waals surface area (Å²) in [4.78, 5) is 16.2. The van der Waals surface area contributed by atoms with Crippen molar-refractivity contribution < 1.29 is 23.1 Å². The average molecular weight is 468 g/mol. The Morgan fingerprint density at radius 2 is 1.91 bits per heavy atom. The highest BCUT2D eigenvalue weighted by molar-refractivity contribution is 7.89. The minimum absolute atomic E-state index is 0.0592. The van der Waals surface area contributed by atoms with Crippen molar-refractivity contribution in [1.82, 2.24) is 9.71 Å². The van der Waals surface area contributed by atoms with Crippen LogP contribution in [0.2, 0.25) is 0 Å². The third kappa shape index (κ3) is 5.02. The zero-order chi connectivity index (χ0) is 23.6. The monoisotopic (exact) mass is 467 g/mol. The zero-order valence-electron chi connectivity index (χ0n) is 18.7. The summed E-state index contributed by atoms with van der Waals surface area (Å²) in [5.74, 6) is -1.55. The molecule has 0 amide bonds. The number of carbonyl (C=O) groups is 1. The minimum Gasteiger partial charge on any atom is -0.550 e. The van der Waals surface area contributed by atoms with Gasteiger partial charge in [0.2, 0.25) is 10.0 Å². The molecule has 1 aliphatic carbocycles. The quantitative estimate of drug-likeness (QED) is 0.572. The van der Waals surface area contributed by atoms with Crippen molar-refractivity contribution in [2.75, 3.05) is 0 Å². The van der Waals surface area contributed by atoms with Crippen molar-refractivity contribution in [3.05, 3.63) is 65.9 Å². The van der Waals surface area contributed by atoms with Crippen molar-refractivity contribution in [1.29, 1.82) is 0 Å². The number of hydrogen-bond acceptors (Lipinski definition) is 6. The van der Waals surface area contributed by atoms with Crippen molar-refractivity contribution in [3.63, 3.8) is 0 Å². The molecule has 1 aromatic heterocycles. The number of nitrogens with zero attached hydrogens (tertiary/aromatic N) is 1. The van der Waals surface area contributed by atoms with Gasteiger partial charge in [-0.15, -0.1) is 0 Å². The summed E-state index contributed by atoms with van der Waals surface area (Å²) in [5.41, 5.74) is 1.71. The molecule has 0 saturated heterocycles. The van der Waals surface area contributed by atoms with E-state index in [1.54, 1.807) is 19.1 Å². The van der Waals surface area contributed by atoms with E-state index in [0.29, 0.717) is 25.2 Å². The molecule has 33 heavy (non-hydrogen) atoms. The van der Waals surface area contributed by atoms with Crippen LogP contribution in [0.25, 0.3) is 10.9 Å². The molecule has 2 aromatic carbocycles. The summed E-state index contributed by atoms with van der Waals surface area (Å²) in [6.07, 6.45) is 2.36. The molecule has 7 nitrogen and oxygen atoms in total. The van der Waals surface area contributed by atoms with Gasteiger partial charge in [0.25, 0.3) is 0 Å². The number of aryl methyl sites for hydroxylation is 1. The second kappa shape index (κ2) is 9.11. The Kier molecular flexibility index (Phi) is 6.41. The number of hydrogen-bond donors (Lipinski definition) is 1. The van der Waals surface area contributed by atoms with Gasteiger partial charge in [-0.2, -0.15) is 0 Å². The lowest BCUT2D eigenvalue weighted by Gasteiger charge is -2.42. The van der Waals surface area contributed by atoms with E-state index in [1.807, 2.05) is 37.3 Å². The summed E-state index contributed by atoms with van der Waals surface area (Å²) in [6.45, 7) is 3.89. The van der Waals surface area contributed by atoms with Gasteiger partial charge in [-0.1, -0.05) is 31.0 Å². The maximum absolute atomic E-state index is 13.0. The fraction of sp³-hybridized carbons (Fsp3) is 0.360. The van der Waals surface area contributed by atoms with Gasteiger partial charge in [0.15, 0.2) is 0 Å². The SMILES string of the molecule is Cc1cc(COc2ccc(S(=O)(=O)NC3(C)CCCCC3C(=O)[O-])cc2)c2ccccc2n1. The van der Waals surface area contributed by atoms with Gasteiger partial charge in [-0.05, 0) is 63.1 Å². The number of aromatic nitrogens is 1. The lowest BCUT2D eigenvalue weighted by atomic mass is 9.75. The smallest absolute Gasteiger partial charge is 0.241 e. The Morgan fingerprint density at radius 1 is 1.18 bits per heavy atom. The van der Waals surface area contributed by atoms with Gasteiger partial charge in [-0.3, -0.25) is 4.98 Å². The predicted octanol–water partition coefficient (Wildman–Crippen LogP) is 3.10. The van der Waals surface area contributed by atoms with Crippen LogP contribution in [0.15, 0.2) is 59.5 Å². The number of carboxylic acid groups (broad SMARTS) is 1. The highest BCUT2D eigenvalue weighted by Crippen LogP contribution is 2.35. The first kappa shape index (κ1) is 23.2. The molecule has 0 radical (unpaired) electrons. The molecular weight excluding hydrogens is 440 g/mol. The Labute approximate surface area is 193 Å². The van der Waals surface area contributed by atoms with Crippen LogP contribution in [0.4, 0.5) is 0 Å². The predicted molar refractivity (Wildman–Crippen MR) is 123 cm³/mol. The minimum atomic E-state index is -3.91. The maximum Gasteiger partial charge on any atom is 0.241 e. The Morgan fingerprint density at radius 3 is 2.64 bits per heavy atom. The van der Waals surface area contributed by atoms with Crippen LogP contribution in [-0.2, 0) is 21.4 Å². The van der Waals surface area contributed by atoms with E-state index in [1.165, 1.54) is 12.1 Å². The standard InChI is InChI=1S/C25H28N2O5S/c1-17-15-18(21-7-3-4-9-23(21)26-17)16-32-19-10-12-20(13-11-19)33(30,31)27-25(2)14-6-5-8-22(25)24(28)29/h3-4,7,9-13,15,22,27H,5-6,8,14,16H2,1-2H3,(H,28,29)/p-1. The number of nitrogens with one attached hydrogen (secondary N) is 1. The van der Waals surface area contributed by atoms with E-state index < -0.39 is 27.4 Å². The first-order chi connectivity index (χ1) is 15.7. The molecule has 4 rings (SSSR count). The van der Waals surface area contributed by atoms with Crippen molar-refractivity contribution in [2.45, 2.75) is 56.6 Å². The van der Waals surface area contributed by atoms with Gasteiger partial charge >= 0.3 is 0 Å². The number of benzene rings is 2. The first-order valence-electron chi connectivity index (χ1n) is 11.0. The average Bonchev–Trinajstić information content (AvgIpc) is 2.77. The molecule has 2 unspecified atom stereocenters. The molecule has 1 N–H and O–H groups in total. The summed E-state index contributed by atoms with van der Waals surface area (Å²) < 4.78 is 34.5. The van der Waals surface area contributed by atoms with E-state index in [9.17, 15) is 18.3 Å². The molecule has 1 fully saturated rings. The number of sulfonamides is 1. The van der Waals surface area contributed by atoms with Gasteiger partial charge < -0.3 is 14.6 Å². The largest absolute Gasteiger partial charge is 0.550 e. The Bertz CT molecular complexity index is 1270. The van der Waals surface area contributed by atoms with Crippen LogP contribution in [-0.4, -0.2) is 24.9 Å². The van der Waals surface area contributed by atoms with E-state index >= 15 is 0 Å². The Hall–Kier alpha value is -2.97. The van der Waals surface area contributed by atoms with Crippen molar-refractivity contribution in [3.8, 4) is 5.75 Å². The number of carboxylic acids is 1. The number of ether oxygens (including phenoxy) is 1. The second-order valence-corrected chi connectivity index (χ2v) is 10.5. The van der Waals surface area contributed by atoms with Crippen molar-refractivity contribution >= 4 is 26.9 Å². The highest BCUT2D eigenvalue weighted by Gasteiger charge is 2.40. The number of rotatable bonds is 7. The summed E-state index contributed by atoms with van der Waals surface area (Å²) >= 11 is 0. The molecular formula is C25H27N2O5S-. The number of aliphatic carboxylic acids is 1. The molecule has 8 heteroatoms. The van der Waals surface area contributed by atoms with E-state index in [-0.39, 0.29) is 4.90 Å². The fourth-order valence-corrected chi connectivity index (χ4v) is 6.06. The van der Waals surface area contributed by atoms with Gasteiger partial charge in [0.1, 0.15) is 12.4 Å². The van der Waals surface area contributed by atoms with Crippen LogP contribution >= 0.6 is 0 Å². The fourth-order valence-electron chi connectivity index (χ4n) is 4.59. The van der Waals surface area contributed by atoms with Crippen molar-refractivity contribution in [2.24, 2.45) is 5.92 Å². The Balaban J connectivity index is 1.49.